The Bertz CT molecular complexity index is 1780. The molecule has 2 aliphatic rings. The highest BCUT2D eigenvalue weighted by molar-refractivity contribution is 5.79. The topological polar surface area (TPSA) is 84.1 Å². The average molecular weight is 624 g/mol. The second-order valence-electron chi connectivity index (χ2n) is 10.5. The van der Waals surface area contributed by atoms with Crippen molar-refractivity contribution in [2.45, 2.75) is 52.3 Å². The Morgan fingerprint density at radius 1 is 0.956 bits per heavy atom. The number of aromatic nitrogens is 5. The second kappa shape index (κ2) is 13.1. The third-order valence-corrected chi connectivity index (χ3v) is 7.41. The number of halogens is 4. The Kier molecular flexibility index (Phi) is 9.21. The minimum Gasteiger partial charge on any atom is -0.494 e. The molecule has 2 aromatic carbocycles. The number of esters is 1. The monoisotopic (exact) mass is 623 g/mol. The van der Waals surface area contributed by atoms with Crippen LogP contribution < -0.4 is 4.74 Å². The number of hydrogen-bond donors (Lipinski definition) is 0. The Hall–Kier alpha value is -4.74. The molecule has 0 bridgehead atoms. The lowest BCUT2D eigenvalue weighted by Crippen LogP contribution is -2.26. The highest BCUT2D eigenvalue weighted by Crippen LogP contribution is 2.40. The van der Waals surface area contributed by atoms with Gasteiger partial charge in [0.05, 0.1) is 36.4 Å². The normalized spacial score (nSPS) is 12.4. The van der Waals surface area contributed by atoms with Crippen molar-refractivity contribution in [3.05, 3.63) is 83.7 Å². The Morgan fingerprint density at radius 3 is 2.44 bits per heavy atom. The largest absolute Gasteiger partial charge is 0.494 e. The van der Waals surface area contributed by atoms with Crippen LogP contribution in [0.25, 0.3) is 34.2 Å². The van der Waals surface area contributed by atoms with Crippen LogP contribution in [-0.2, 0) is 29.2 Å². The van der Waals surface area contributed by atoms with Crippen LogP contribution in [-0.4, -0.2) is 43.3 Å². The number of ether oxygens (including phenoxy) is 2. The van der Waals surface area contributed by atoms with Crippen LogP contribution in [0.15, 0.2) is 61.1 Å². The number of carbonyl (C=O) groups is 1. The summed E-state index contributed by atoms with van der Waals surface area (Å²) in [6, 6.07) is 10.9. The summed E-state index contributed by atoms with van der Waals surface area (Å²) in [4.78, 5) is 26.7. The number of carbonyl (C=O) groups excluding carboxylic acids is 1. The molecular weight excluding hydrogens is 590 g/mol. The molecule has 1 atom stereocenters. The first kappa shape index (κ1) is 31.7. The van der Waals surface area contributed by atoms with E-state index in [0.29, 0.717) is 36.2 Å². The van der Waals surface area contributed by atoms with E-state index >= 15 is 4.39 Å². The molecule has 0 N–H and O–H groups in total. The predicted molar refractivity (Wildman–Crippen MR) is 160 cm³/mol. The Labute approximate surface area is 258 Å². The fourth-order valence-corrected chi connectivity index (χ4v) is 5.15. The lowest BCUT2D eigenvalue weighted by molar-refractivity contribution is -0.146. The van der Waals surface area contributed by atoms with E-state index in [4.69, 9.17) is 9.47 Å². The summed E-state index contributed by atoms with van der Waals surface area (Å²) >= 11 is 0. The molecule has 45 heavy (non-hydrogen) atoms. The first-order chi connectivity index (χ1) is 21.6. The minimum atomic E-state index is -4.65. The molecule has 8 nitrogen and oxygen atoms in total. The van der Waals surface area contributed by atoms with Crippen molar-refractivity contribution in [2.75, 3.05) is 13.2 Å². The first-order valence-electron chi connectivity index (χ1n) is 14.7. The fourth-order valence-electron chi connectivity index (χ4n) is 5.15. The van der Waals surface area contributed by atoms with Crippen LogP contribution in [0, 0.1) is 5.82 Å². The molecular formula is C33H33F4N5O3. The Morgan fingerprint density at radius 2 is 1.73 bits per heavy atom. The Balaban J connectivity index is 1.59. The molecule has 5 rings (SSSR count). The van der Waals surface area contributed by atoms with E-state index in [1.807, 2.05) is 20.8 Å². The van der Waals surface area contributed by atoms with Gasteiger partial charge in [-0.15, -0.1) is 0 Å². The summed E-state index contributed by atoms with van der Waals surface area (Å²) in [5.74, 6) is -0.522. The quantitative estimate of drug-likeness (QED) is 0.112. The fraction of sp³-hybridized carbons (Fsp3) is 0.333. The predicted octanol–water partition coefficient (Wildman–Crippen LogP) is 7.50. The van der Waals surface area contributed by atoms with Gasteiger partial charge in [-0.2, -0.15) is 13.2 Å². The maximum atomic E-state index is 15.1. The van der Waals surface area contributed by atoms with E-state index in [1.165, 1.54) is 33.7 Å². The summed E-state index contributed by atoms with van der Waals surface area (Å²) < 4.78 is 71.7. The smallest absolute Gasteiger partial charge is 0.417 e. The molecule has 236 valence electrons. The average Bonchev–Trinajstić information content (AvgIpc) is 3.61. The van der Waals surface area contributed by atoms with E-state index in [-0.39, 0.29) is 47.4 Å². The zero-order valence-electron chi connectivity index (χ0n) is 25.4. The number of alkyl halides is 3. The molecule has 0 fully saturated rings. The van der Waals surface area contributed by atoms with Gasteiger partial charge in [-0.25, -0.2) is 24.1 Å². The zero-order chi connectivity index (χ0) is 32.3. The molecule has 1 aromatic heterocycles. The second-order valence-corrected chi connectivity index (χ2v) is 10.5. The van der Waals surface area contributed by atoms with E-state index in [9.17, 15) is 18.0 Å². The molecule has 1 unspecified atom stereocenters. The van der Waals surface area contributed by atoms with Gasteiger partial charge in [-0.1, -0.05) is 32.9 Å². The van der Waals surface area contributed by atoms with Crippen molar-refractivity contribution in [3.63, 3.8) is 0 Å². The molecule has 0 radical (unpaired) electrons. The van der Waals surface area contributed by atoms with Crippen molar-refractivity contribution in [2.24, 2.45) is 7.05 Å². The summed E-state index contributed by atoms with van der Waals surface area (Å²) in [6.45, 7) is 6.00. The molecule has 0 amide bonds. The van der Waals surface area contributed by atoms with E-state index < -0.39 is 29.6 Å². The van der Waals surface area contributed by atoms with Gasteiger partial charge < -0.3 is 18.6 Å². The van der Waals surface area contributed by atoms with E-state index in [1.54, 1.807) is 37.5 Å². The van der Waals surface area contributed by atoms with Crippen LogP contribution in [0.4, 0.5) is 17.6 Å². The minimum absolute atomic E-state index is 0.0674. The summed E-state index contributed by atoms with van der Waals surface area (Å²) in [5, 5.41) is 0. The van der Waals surface area contributed by atoms with Gasteiger partial charge in [0.15, 0.2) is 17.7 Å². The van der Waals surface area contributed by atoms with Crippen molar-refractivity contribution in [1.82, 2.24) is 24.1 Å². The summed E-state index contributed by atoms with van der Waals surface area (Å²) in [6.07, 6.45) is -0.00551. The molecule has 0 spiro atoms. The molecule has 3 aromatic rings. The van der Waals surface area contributed by atoms with Gasteiger partial charge >= 0.3 is 12.1 Å². The number of rotatable bonds is 11. The van der Waals surface area contributed by atoms with Crippen LogP contribution in [0.1, 0.15) is 56.5 Å². The molecule has 2 aliphatic heterocycles. The van der Waals surface area contributed by atoms with Gasteiger partial charge in [-0.3, -0.25) is 0 Å². The highest BCUT2D eigenvalue weighted by Gasteiger charge is 2.36. The van der Waals surface area contributed by atoms with Crippen molar-refractivity contribution < 1.29 is 31.8 Å². The van der Waals surface area contributed by atoms with Gasteiger partial charge in [0.1, 0.15) is 17.3 Å². The lowest BCUT2D eigenvalue weighted by Gasteiger charge is -2.21. The number of hydrogen-bond acceptors (Lipinski definition) is 6. The van der Waals surface area contributed by atoms with Crippen LogP contribution in [0.5, 0.6) is 5.75 Å². The maximum absolute atomic E-state index is 15.1. The van der Waals surface area contributed by atoms with Crippen molar-refractivity contribution >= 4 is 5.97 Å². The number of benzene rings is 2. The van der Waals surface area contributed by atoms with E-state index in [2.05, 4.69) is 15.0 Å². The van der Waals surface area contributed by atoms with Crippen LogP contribution >= 0.6 is 0 Å². The summed E-state index contributed by atoms with van der Waals surface area (Å²) in [7, 11) is 1.59. The standard InChI is InChI=1S/C33H33F4N5O3/c1-5-15-44-21-11-12-22(24(17-21)33(35,36)37)26-13-14-27(41(26)4)29(32(43)45-16-6-2)42-18-25-31(38-19-42)40-30(39-25)23-10-8-9-20(7-3)28(23)34/h8-14,17-19,29H,5-7,15-16H2,1-4H3. The highest BCUT2D eigenvalue weighted by atomic mass is 19.4. The zero-order valence-corrected chi connectivity index (χ0v) is 25.4. The molecule has 3 heterocycles. The third-order valence-electron chi connectivity index (χ3n) is 7.41. The number of nitrogens with zero attached hydrogens (tertiary/aromatic N) is 5. The van der Waals surface area contributed by atoms with Crippen molar-refractivity contribution in [1.29, 1.82) is 0 Å². The third kappa shape index (κ3) is 6.40. The van der Waals surface area contributed by atoms with Gasteiger partial charge in [0, 0.05) is 24.5 Å². The lowest BCUT2D eigenvalue weighted by atomic mass is 10.0. The molecule has 0 aliphatic carbocycles. The number of aryl methyl sites for hydroxylation is 1. The summed E-state index contributed by atoms with van der Waals surface area (Å²) in [5.41, 5.74) is 0.738. The molecule has 12 heteroatoms. The van der Waals surface area contributed by atoms with Crippen LogP contribution in [0.2, 0.25) is 0 Å². The van der Waals surface area contributed by atoms with Crippen LogP contribution in [0.3, 0.4) is 0 Å². The molecule has 0 saturated carbocycles. The molecule has 0 saturated heterocycles. The van der Waals surface area contributed by atoms with Gasteiger partial charge in [-0.05, 0) is 61.2 Å². The van der Waals surface area contributed by atoms with E-state index in [0.717, 1.165) is 6.07 Å². The SMILES string of the molecule is CCCOC(=O)C(c1ccc(-c2ccc(OCCC)cc2C(F)(F)F)n1C)n1cnc2nc(-c3cccc(CC)c3F)nc-2c1. The van der Waals surface area contributed by atoms with Gasteiger partial charge in [0.25, 0.3) is 0 Å². The number of imidazole rings is 1. The first-order valence-corrected chi connectivity index (χ1v) is 14.7. The number of fused-ring (bicyclic) bond motifs is 1. The maximum Gasteiger partial charge on any atom is 0.417 e. The van der Waals surface area contributed by atoms with Gasteiger partial charge in [0.2, 0.25) is 0 Å². The van der Waals surface area contributed by atoms with Crippen molar-refractivity contribution in [3.8, 4) is 39.9 Å².